The van der Waals surface area contributed by atoms with Crippen molar-refractivity contribution < 1.29 is 18.0 Å². The van der Waals surface area contributed by atoms with Crippen LogP contribution in [0.3, 0.4) is 0 Å². The van der Waals surface area contributed by atoms with E-state index in [4.69, 9.17) is 5.10 Å². The van der Waals surface area contributed by atoms with Crippen molar-refractivity contribution in [3.8, 4) is 0 Å². The molecule has 1 aromatic carbocycles. The first-order valence-electron chi connectivity index (χ1n) is 12.5. The zero-order valence-corrected chi connectivity index (χ0v) is 21.2. The molecule has 1 aliphatic heterocycles. The highest BCUT2D eigenvalue weighted by molar-refractivity contribution is 5.82. The quantitative estimate of drug-likeness (QED) is 0.559. The highest BCUT2D eigenvalue weighted by Crippen LogP contribution is 2.41. The van der Waals surface area contributed by atoms with Gasteiger partial charge in [-0.3, -0.25) is 14.8 Å². The van der Waals surface area contributed by atoms with Gasteiger partial charge in [-0.15, -0.1) is 0 Å². The molecule has 2 heterocycles. The average Bonchev–Trinajstić information content (AvgIpc) is 3.42. The fraction of sp³-hybridized carbons (Fsp3) is 0.630. The number of carbonyl (C=O) groups excluding carboxylic acids is 1. The third kappa shape index (κ3) is 5.90. The maximum Gasteiger partial charge on any atom is 0.416 e. The number of aromatic nitrogens is 2. The normalized spacial score (nSPS) is 25.5. The van der Waals surface area contributed by atoms with Gasteiger partial charge in [0.25, 0.3) is 0 Å². The average molecular weight is 491 g/mol. The lowest BCUT2D eigenvalue weighted by Crippen LogP contribution is -2.47. The van der Waals surface area contributed by atoms with E-state index in [1.807, 2.05) is 16.9 Å². The molecule has 1 aromatic heterocycles. The number of alkyl halides is 3. The number of carbonyl (C=O) groups is 1. The number of benzene rings is 1. The zero-order chi connectivity index (χ0) is 25.6. The van der Waals surface area contributed by atoms with Crippen LogP contribution in [0.5, 0.6) is 0 Å². The fourth-order valence-corrected chi connectivity index (χ4v) is 5.23. The molecule has 0 bridgehead atoms. The molecule has 2 N–H and O–H groups in total. The summed E-state index contributed by atoms with van der Waals surface area (Å²) in [5.74, 6) is -0.166. The third-order valence-electron chi connectivity index (χ3n) is 7.55. The highest BCUT2D eigenvalue weighted by Gasteiger charge is 2.41. The van der Waals surface area contributed by atoms with Crippen LogP contribution in [0, 0.1) is 5.41 Å². The molecular formula is C27H37F3N4O. The lowest BCUT2D eigenvalue weighted by atomic mass is 9.75. The monoisotopic (exact) mass is 490 g/mol. The Morgan fingerprint density at radius 1 is 1.09 bits per heavy atom. The predicted octanol–water partition coefficient (Wildman–Crippen LogP) is 5.93. The molecule has 8 heteroatoms. The number of amides is 1. The molecule has 0 spiro atoms. The van der Waals surface area contributed by atoms with Gasteiger partial charge in [0.15, 0.2) is 0 Å². The van der Waals surface area contributed by atoms with E-state index in [-0.39, 0.29) is 29.4 Å². The number of nitrogens with one attached hydrogen (secondary N) is 2. The first kappa shape index (κ1) is 25.7. The van der Waals surface area contributed by atoms with Crippen LogP contribution >= 0.6 is 0 Å². The Bertz CT molecular complexity index is 1030. The van der Waals surface area contributed by atoms with Crippen molar-refractivity contribution in [2.24, 2.45) is 5.41 Å². The minimum atomic E-state index is -4.39. The Labute approximate surface area is 205 Å². The van der Waals surface area contributed by atoms with E-state index in [0.717, 1.165) is 49.1 Å². The van der Waals surface area contributed by atoms with Crippen molar-refractivity contribution in [2.75, 3.05) is 0 Å². The summed E-state index contributed by atoms with van der Waals surface area (Å²) in [7, 11) is 0. The number of nitrogens with zero attached hydrogens (tertiary/aromatic N) is 2. The summed E-state index contributed by atoms with van der Waals surface area (Å²) in [6.07, 6.45) is 2.17. The minimum absolute atomic E-state index is 0.0376. The van der Waals surface area contributed by atoms with E-state index < -0.39 is 17.8 Å². The van der Waals surface area contributed by atoms with E-state index in [0.29, 0.717) is 11.8 Å². The van der Waals surface area contributed by atoms with Crippen LogP contribution in [0.1, 0.15) is 95.5 Å². The lowest BCUT2D eigenvalue weighted by Gasteiger charge is -2.35. The Morgan fingerprint density at radius 3 is 2.26 bits per heavy atom. The second-order valence-corrected chi connectivity index (χ2v) is 12.0. The van der Waals surface area contributed by atoms with E-state index in [1.165, 1.54) is 12.1 Å². The Balaban J connectivity index is 1.55. The lowest BCUT2D eigenvalue weighted by molar-refractivity contribution is -0.137. The topological polar surface area (TPSA) is 59.0 Å². The van der Waals surface area contributed by atoms with Crippen molar-refractivity contribution in [2.45, 2.75) is 102 Å². The van der Waals surface area contributed by atoms with Crippen molar-refractivity contribution in [3.63, 3.8) is 0 Å². The molecule has 3 atom stereocenters. The number of hydrogen-bond acceptors (Lipinski definition) is 3. The molecule has 1 saturated heterocycles. The molecular weight excluding hydrogens is 453 g/mol. The first-order chi connectivity index (χ1) is 16.2. The maximum absolute atomic E-state index is 13.2. The van der Waals surface area contributed by atoms with Crippen LogP contribution in [0.2, 0.25) is 0 Å². The second-order valence-electron chi connectivity index (χ2n) is 12.0. The van der Waals surface area contributed by atoms with Gasteiger partial charge in [-0.05, 0) is 82.1 Å². The molecule has 1 saturated carbocycles. The van der Waals surface area contributed by atoms with Gasteiger partial charge in [-0.1, -0.05) is 26.0 Å². The first-order valence-corrected chi connectivity index (χ1v) is 12.5. The third-order valence-corrected chi connectivity index (χ3v) is 7.55. The fourth-order valence-electron chi connectivity index (χ4n) is 5.23. The van der Waals surface area contributed by atoms with Gasteiger partial charge >= 0.3 is 6.18 Å². The van der Waals surface area contributed by atoms with Gasteiger partial charge in [0.1, 0.15) is 0 Å². The zero-order valence-electron chi connectivity index (χ0n) is 21.2. The van der Waals surface area contributed by atoms with Gasteiger partial charge < -0.3 is 5.32 Å². The number of hydrogen-bond donors (Lipinski definition) is 2. The minimum Gasteiger partial charge on any atom is -0.352 e. The molecule has 4 rings (SSSR count). The van der Waals surface area contributed by atoms with Gasteiger partial charge in [-0.2, -0.15) is 18.3 Å². The van der Waals surface area contributed by atoms with Crippen molar-refractivity contribution in [1.29, 1.82) is 0 Å². The summed E-state index contributed by atoms with van der Waals surface area (Å²) in [6.45, 7) is 10.7. The molecule has 2 aliphatic rings. The smallest absolute Gasteiger partial charge is 0.352 e. The van der Waals surface area contributed by atoms with Crippen molar-refractivity contribution in [3.05, 3.63) is 53.3 Å². The summed E-state index contributed by atoms with van der Waals surface area (Å²) >= 11 is 0. The predicted molar refractivity (Wildman–Crippen MR) is 130 cm³/mol. The summed E-state index contributed by atoms with van der Waals surface area (Å²) in [5, 5.41) is 11.4. The largest absolute Gasteiger partial charge is 0.416 e. The van der Waals surface area contributed by atoms with E-state index in [1.54, 1.807) is 0 Å². The number of rotatable bonds is 4. The van der Waals surface area contributed by atoms with Crippen LogP contribution in [0.15, 0.2) is 36.5 Å². The van der Waals surface area contributed by atoms with E-state index in [9.17, 15) is 18.0 Å². The Morgan fingerprint density at radius 2 is 1.71 bits per heavy atom. The van der Waals surface area contributed by atoms with E-state index >= 15 is 0 Å². The van der Waals surface area contributed by atoms with Crippen LogP contribution in [-0.4, -0.2) is 27.8 Å². The molecule has 192 valence electrons. The Kier molecular flexibility index (Phi) is 6.81. The molecule has 5 nitrogen and oxygen atoms in total. The molecule has 1 aliphatic carbocycles. The summed E-state index contributed by atoms with van der Waals surface area (Å²) in [6, 6.07) is 6.63. The Hall–Kier alpha value is -2.35. The van der Waals surface area contributed by atoms with Crippen LogP contribution in [-0.2, 0) is 16.5 Å². The summed E-state index contributed by atoms with van der Waals surface area (Å²) < 4.78 is 41.2. The van der Waals surface area contributed by atoms with Gasteiger partial charge in [0, 0.05) is 24.2 Å². The van der Waals surface area contributed by atoms with Gasteiger partial charge in [-0.25, -0.2) is 0 Å². The summed E-state index contributed by atoms with van der Waals surface area (Å²) in [4.78, 5) is 13.2. The van der Waals surface area contributed by atoms with Gasteiger partial charge in [0.05, 0.1) is 22.8 Å². The standard InChI is InChI=1S/C27H37F3N4O/c1-25(2,3)34-15-12-21(33-34)20-16-22(24(35)31-19-10-13-26(4,5)14-11-19)32-23(20)17-6-8-18(9-7-17)27(28,29)30/h6-9,12,15,19-20,22-23,32H,10-11,13-14,16H2,1-5H3,(H,31,35)/t20?,22-,23-/m0/s1. The molecule has 2 fully saturated rings. The molecule has 0 radical (unpaired) electrons. The molecule has 35 heavy (non-hydrogen) atoms. The molecule has 2 aromatic rings. The van der Waals surface area contributed by atoms with Crippen molar-refractivity contribution in [1.82, 2.24) is 20.4 Å². The SMILES string of the molecule is CC1(C)CCC(NC(=O)[C@@H]2CC(c3ccn(C(C)(C)C)n3)[C@H](c3ccc(C(F)(F)F)cc3)N2)CC1. The van der Waals surface area contributed by atoms with Gasteiger partial charge in [0.2, 0.25) is 5.91 Å². The molecule has 1 unspecified atom stereocenters. The summed E-state index contributed by atoms with van der Waals surface area (Å²) in [5.41, 5.74) is 1.01. The van der Waals surface area contributed by atoms with Crippen molar-refractivity contribution >= 4 is 5.91 Å². The van der Waals surface area contributed by atoms with Crippen LogP contribution in [0.25, 0.3) is 0 Å². The van der Waals surface area contributed by atoms with Crippen LogP contribution in [0.4, 0.5) is 13.2 Å². The van der Waals surface area contributed by atoms with E-state index in [2.05, 4.69) is 45.3 Å². The molecule has 1 amide bonds. The highest BCUT2D eigenvalue weighted by atomic mass is 19.4. The second kappa shape index (κ2) is 9.26. The van der Waals surface area contributed by atoms with Crippen LogP contribution < -0.4 is 10.6 Å². The number of halogens is 3. The maximum atomic E-state index is 13.2.